The van der Waals surface area contributed by atoms with Crippen LogP contribution in [0.1, 0.15) is 119 Å². The second-order valence-electron chi connectivity index (χ2n) is 16.9. The van der Waals surface area contributed by atoms with E-state index in [4.69, 9.17) is 33.7 Å². The minimum Gasteiger partial charge on any atom is -0.463 e. The van der Waals surface area contributed by atoms with Gasteiger partial charge >= 0.3 is 23.9 Å². The van der Waals surface area contributed by atoms with Crippen LogP contribution in [0.5, 0.6) is 0 Å². The van der Waals surface area contributed by atoms with Crippen LogP contribution >= 0.6 is 11.8 Å². The van der Waals surface area contributed by atoms with Crippen molar-refractivity contribution >= 4 is 92.0 Å². The lowest BCUT2D eigenvalue weighted by molar-refractivity contribution is -0.237. The summed E-state index contributed by atoms with van der Waals surface area (Å²) < 4.78 is 28.1. The maximum atomic E-state index is 13.8. The van der Waals surface area contributed by atoms with Gasteiger partial charge in [0.15, 0.2) is 18.3 Å². The molecule has 1 amide bonds. The van der Waals surface area contributed by atoms with E-state index in [1.165, 1.54) is 45.0 Å². The highest BCUT2D eigenvalue weighted by atomic mass is 32.2. The Morgan fingerprint density at radius 1 is 0.758 bits per heavy atom. The number of hydrogen-bond acceptors (Lipinski definition) is 13. The number of ether oxygens (including phenoxy) is 5. The monoisotopic (exact) mass is 923 g/mol. The van der Waals surface area contributed by atoms with Crippen molar-refractivity contribution in [3.63, 3.8) is 0 Å². The van der Waals surface area contributed by atoms with E-state index in [-0.39, 0.29) is 18.9 Å². The summed E-state index contributed by atoms with van der Waals surface area (Å²) in [4.78, 5) is 81.5. The van der Waals surface area contributed by atoms with Crippen LogP contribution in [0.25, 0.3) is 50.4 Å². The number of fused-ring (bicyclic) bond motifs is 8. The zero-order chi connectivity index (χ0) is 48.1. The molecule has 0 spiro atoms. The molecular weight excluding hydrogens is 863 g/mol. The Balaban J connectivity index is 1.23. The van der Waals surface area contributed by atoms with Crippen LogP contribution in [0.4, 0.5) is 0 Å². The Kier molecular flexibility index (Phi) is 15.8. The van der Waals surface area contributed by atoms with Crippen LogP contribution in [0.15, 0.2) is 30.8 Å². The Morgan fingerprint density at radius 3 is 2.00 bits per heavy atom. The molecule has 6 heterocycles. The largest absolute Gasteiger partial charge is 0.463 e. The lowest BCUT2D eigenvalue weighted by Crippen LogP contribution is -2.61. The summed E-state index contributed by atoms with van der Waals surface area (Å²) in [5.74, 6) is -2.25. The fourth-order valence-corrected chi connectivity index (χ4v) is 9.85. The van der Waals surface area contributed by atoms with Gasteiger partial charge in [-0.25, -0.2) is 9.97 Å². The highest BCUT2D eigenvalue weighted by molar-refractivity contribution is 7.99. The van der Waals surface area contributed by atoms with Crippen molar-refractivity contribution in [3.8, 4) is 0 Å². The quantitative estimate of drug-likeness (QED) is 0.0838. The number of aromatic amines is 2. The average molecular weight is 924 g/mol. The molecule has 1 fully saturated rings. The SMILES string of the molecule is C=Cc1c(C)c2cc3nc(c(C)c4cc(C)c(cc5nc(cc1[nH]2)C(C)=C5CC)[nH]4)C(CCC(=O)N(C)CCCS[C@@H]1O[C@H](COC(C)=O)[C@@H](OC(C)=O)[C@H](OC(C)=O)[C@H]1OC(C)=O)=C3C. The fraction of sp³-hybridized carbons (Fsp3) is 0.460. The van der Waals surface area contributed by atoms with Crippen molar-refractivity contribution in [1.82, 2.24) is 24.8 Å². The number of thioether (sulfide) groups is 1. The summed E-state index contributed by atoms with van der Waals surface area (Å²) >= 11 is 1.28. The van der Waals surface area contributed by atoms with Crippen molar-refractivity contribution < 1.29 is 47.7 Å². The Hall–Kier alpha value is -6.00. The van der Waals surface area contributed by atoms with Gasteiger partial charge in [-0.1, -0.05) is 19.6 Å². The van der Waals surface area contributed by atoms with E-state index in [2.05, 4.69) is 82.4 Å². The standard InChI is InChI=1S/C50H61N5O10S/c1-13-34-27(5)40-23-43-35(14-2)26(4)39(52-43)22-41-28(6)36(46(54-41)29(7)38-20-25(3)37(51-38)21-42(34)53-40)16-17-45(60)55(12)18-15-19-66-50-49(64-33(11)59)48(63-32(10)58)47(62-31(9)57)44(65-50)24-61-30(8)56/h14,20-23,44,47-52H,2,13,15-19,24H2,1,3-12H3/t44-,47-,48+,49-,50+/m1/s1. The van der Waals surface area contributed by atoms with Gasteiger partial charge in [-0.2, -0.15) is 0 Å². The van der Waals surface area contributed by atoms with E-state index >= 15 is 0 Å². The van der Waals surface area contributed by atoms with Gasteiger partial charge in [-0.05, 0) is 123 Å². The van der Waals surface area contributed by atoms with E-state index in [1.54, 1.807) is 11.9 Å². The number of carbonyl (C=O) groups is 5. The van der Waals surface area contributed by atoms with Crippen LogP contribution in [-0.2, 0) is 47.7 Å². The second kappa shape index (κ2) is 21.1. The molecule has 0 aliphatic carbocycles. The summed E-state index contributed by atoms with van der Waals surface area (Å²) in [6, 6.07) is 8.44. The summed E-state index contributed by atoms with van der Waals surface area (Å²) in [7, 11) is 1.76. The van der Waals surface area contributed by atoms with Gasteiger partial charge in [0.2, 0.25) is 5.91 Å². The number of allylic oxidation sites excluding steroid dienone is 4. The molecule has 16 heteroatoms. The molecule has 3 aromatic rings. The third-order valence-electron chi connectivity index (χ3n) is 12.2. The van der Waals surface area contributed by atoms with E-state index < -0.39 is 53.7 Å². The van der Waals surface area contributed by atoms with Gasteiger partial charge in [0, 0.05) is 75.3 Å². The summed E-state index contributed by atoms with van der Waals surface area (Å²) in [6.07, 6.45) is -0.711. The Morgan fingerprint density at radius 2 is 1.35 bits per heavy atom. The molecule has 0 unspecified atom stereocenters. The van der Waals surface area contributed by atoms with Crippen LogP contribution in [0, 0.1) is 20.8 Å². The number of nitrogens with one attached hydrogen (secondary N) is 2. The van der Waals surface area contributed by atoms with Crippen LogP contribution in [0.3, 0.4) is 0 Å². The minimum absolute atomic E-state index is 0.0487. The van der Waals surface area contributed by atoms with E-state index in [1.807, 2.05) is 6.08 Å². The predicted octanol–water partition coefficient (Wildman–Crippen LogP) is 8.60. The number of carbonyl (C=O) groups excluding carboxylic acids is 5. The van der Waals surface area contributed by atoms with Gasteiger partial charge in [-0.15, -0.1) is 11.8 Å². The first-order valence-corrected chi connectivity index (χ1v) is 23.3. The molecule has 5 atom stereocenters. The van der Waals surface area contributed by atoms with Crippen LogP contribution < -0.4 is 0 Å². The van der Waals surface area contributed by atoms with Gasteiger partial charge in [0.1, 0.15) is 18.1 Å². The molecule has 0 aromatic carbocycles. The third-order valence-corrected chi connectivity index (χ3v) is 13.4. The molecule has 8 bridgehead atoms. The lowest BCUT2D eigenvalue weighted by atomic mass is 9.98. The van der Waals surface area contributed by atoms with E-state index in [9.17, 15) is 24.0 Å². The zero-order valence-electron chi connectivity index (χ0n) is 39.8. The van der Waals surface area contributed by atoms with Gasteiger partial charge < -0.3 is 38.6 Å². The first kappa shape index (κ1) is 49.4. The molecule has 0 radical (unpaired) electrons. The van der Waals surface area contributed by atoms with Crippen LogP contribution in [0.2, 0.25) is 0 Å². The number of esters is 4. The van der Waals surface area contributed by atoms with Crippen molar-refractivity contribution in [2.24, 2.45) is 0 Å². The summed E-state index contributed by atoms with van der Waals surface area (Å²) in [5, 5.41) is 0. The van der Waals surface area contributed by atoms with Gasteiger partial charge in [-0.3, -0.25) is 24.0 Å². The number of amides is 1. The topological polar surface area (TPSA) is 192 Å². The smallest absolute Gasteiger partial charge is 0.303 e. The lowest BCUT2D eigenvalue weighted by Gasteiger charge is -2.44. The molecule has 66 heavy (non-hydrogen) atoms. The molecule has 15 nitrogen and oxygen atoms in total. The minimum atomic E-state index is -1.24. The normalized spacial score (nSPS) is 19.3. The summed E-state index contributed by atoms with van der Waals surface area (Å²) in [5.41, 5.74) is 14.8. The van der Waals surface area contributed by atoms with Crippen molar-refractivity contribution in [3.05, 3.63) is 75.9 Å². The van der Waals surface area contributed by atoms with E-state index in [0.717, 1.165) is 90.2 Å². The molecular formula is C50H61N5O10S. The highest BCUT2D eigenvalue weighted by Crippen LogP contribution is 2.39. The number of H-pyrrole nitrogens is 2. The first-order chi connectivity index (χ1) is 31.3. The van der Waals surface area contributed by atoms with Crippen molar-refractivity contribution in [2.75, 3.05) is 26.0 Å². The fourth-order valence-electron chi connectivity index (χ4n) is 8.70. The van der Waals surface area contributed by atoms with Crippen molar-refractivity contribution in [1.29, 1.82) is 0 Å². The predicted molar refractivity (Wildman–Crippen MR) is 256 cm³/mol. The number of rotatable bonds is 15. The summed E-state index contributed by atoms with van der Waals surface area (Å²) in [6.45, 7) is 21.6. The Labute approximate surface area is 389 Å². The third kappa shape index (κ3) is 11.0. The number of aryl methyl sites for hydroxylation is 3. The van der Waals surface area contributed by atoms with E-state index in [0.29, 0.717) is 25.1 Å². The van der Waals surface area contributed by atoms with Crippen LogP contribution in [-0.4, -0.2) is 110 Å². The van der Waals surface area contributed by atoms with Gasteiger partial charge in [0.05, 0.1) is 22.8 Å². The highest BCUT2D eigenvalue weighted by Gasteiger charge is 2.52. The zero-order valence-corrected chi connectivity index (χ0v) is 40.6. The average Bonchev–Trinajstić information content (AvgIpc) is 3.96. The number of hydrogen-bond donors (Lipinski definition) is 2. The molecule has 3 aliphatic heterocycles. The number of nitrogens with zero attached hydrogens (tertiary/aromatic N) is 3. The molecule has 6 rings (SSSR count). The molecule has 0 saturated carbocycles. The maximum Gasteiger partial charge on any atom is 0.303 e. The first-order valence-electron chi connectivity index (χ1n) is 22.2. The molecule has 352 valence electrons. The molecule has 3 aromatic heterocycles. The molecule has 3 aliphatic rings. The Bertz CT molecular complexity index is 2680. The molecule has 1 saturated heterocycles. The maximum absolute atomic E-state index is 13.8. The number of aromatic nitrogens is 4. The van der Waals surface area contributed by atoms with Gasteiger partial charge in [0.25, 0.3) is 0 Å². The second-order valence-corrected chi connectivity index (χ2v) is 18.1. The molecule has 2 N–H and O–H groups in total. The van der Waals surface area contributed by atoms with Crippen molar-refractivity contribution in [2.45, 2.75) is 125 Å².